The summed E-state index contributed by atoms with van der Waals surface area (Å²) in [5.74, 6) is 0. The fourth-order valence-electron chi connectivity index (χ4n) is 3.19. The first-order valence-corrected chi connectivity index (χ1v) is 9.21. The van der Waals surface area contributed by atoms with Gasteiger partial charge in [0.05, 0.1) is 0 Å². The van der Waals surface area contributed by atoms with Crippen molar-refractivity contribution in [1.82, 2.24) is 14.6 Å². The molecule has 3 heterocycles. The summed E-state index contributed by atoms with van der Waals surface area (Å²) in [6, 6.07) is 1.97. The highest BCUT2D eigenvalue weighted by atomic mass is 79.9. The van der Waals surface area contributed by atoms with Gasteiger partial charge in [0.25, 0.3) is 0 Å². The van der Waals surface area contributed by atoms with Crippen molar-refractivity contribution < 1.29 is 8.42 Å². The standard InChI is InChI=1S/C13H18BrN3O2S/c14-10-7-11(9-15-8-10)20(18,19)16-12-4-6-17-5-2-1-3-13(12)17/h7-9,12-13,16H,1-6H2. The molecule has 20 heavy (non-hydrogen) atoms. The van der Waals surface area contributed by atoms with E-state index in [1.54, 1.807) is 12.3 Å². The Hall–Kier alpha value is -0.500. The number of pyridine rings is 1. The first-order chi connectivity index (χ1) is 9.56. The van der Waals surface area contributed by atoms with Gasteiger partial charge in [0.1, 0.15) is 4.90 Å². The molecule has 7 heteroatoms. The van der Waals surface area contributed by atoms with Gasteiger partial charge in [-0.05, 0) is 47.8 Å². The fourth-order valence-corrected chi connectivity index (χ4v) is 5.00. The molecule has 2 atom stereocenters. The number of nitrogens with one attached hydrogen (secondary N) is 1. The lowest BCUT2D eigenvalue weighted by Gasteiger charge is -2.32. The predicted molar refractivity (Wildman–Crippen MR) is 79.9 cm³/mol. The molecule has 3 rings (SSSR count). The van der Waals surface area contributed by atoms with Crippen LogP contribution in [0.3, 0.4) is 0 Å². The van der Waals surface area contributed by atoms with Crippen molar-refractivity contribution >= 4 is 26.0 Å². The Kier molecular flexibility index (Phi) is 4.12. The quantitative estimate of drug-likeness (QED) is 0.892. The smallest absolute Gasteiger partial charge is 0.242 e. The van der Waals surface area contributed by atoms with E-state index in [2.05, 4.69) is 30.5 Å². The summed E-state index contributed by atoms with van der Waals surface area (Å²) < 4.78 is 28.4. The van der Waals surface area contributed by atoms with Gasteiger partial charge in [-0.2, -0.15) is 0 Å². The Bertz CT molecular complexity index is 593. The third-order valence-corrected chi connectivity index (χ3v) is 6.04. The molecule has 1 aromatic heterocycles. The van der Waals surface area contributed by atoms with Crippen molar-refractivity contribution in [3.05, 3.63) is 22.9 Å². The molecule has 2 saturated heterocycles. The second-order valence-electron chi connectivity index (χ2n) is 5.45. The van der Waals surface area contributed by atoms with Gasteiger partial charge in [0.2, 0.25) is 10.0 Å². The summed E-state index contributed by atoms with van der Waals surface area (Å²) in [5.41, 5.74) is 0. The van der Waals surface area contributed by atoms with Crippen LogP contribution < -0.4 is 4.72 Å². The van der Waals surface area contributed by atoms with Crippen molar-refractivity contribution in [2.45, 2.75) is 42.7 Å². The topological polar surface area (TPSA) is 62.3 Å². The van der Waals surface area contributed by atoms with E-state index in [-0.39, 0.29) is 10.9 Å². The van der Waals surface area contributed by atoms with Crippen molar-refractivity contribution in [3.8, 4) is 0 Å². The Balaban J connectivity index is 1.77. The van der Waals surface area contributed by atoms with Crippen LogP contribution in [0.1, 0.15) is 25.7 Å². The summed E-state index contributed by atoms with van der Waals surface area (Å²) in [4.78, 5) is 6.57. The molecule has 0 spiro atoms. The second-order valence-corrected chi connectivity index (χ2v) is 8.08. The highest BCUT2D eigenvalue weighted by Gasteiger charge is 2.37. The largest absolute Gasteiger partial charge is 0.299 e. The van der Waals surface area contributed by atoms with Crippen LogP contribution in [0.2, 0.25) is 0 Å². The third-order valence-electron chi connectivity index (χ3n) is 4.15. The minimum absolute atomic E-state index is 0.0271. The van der Waals surface area contributed by atoms with Gasteiger partial charge in [0, 0.05) is 35.5 Å². The molecule has 0 amide bonds. The number of halogens is 1. The zero-order valence-corrected chi connectivity index (χ0v) is 13.5. The van der Waals surface area contributed by atoms with E-state index in [4.69, 9.17) is 0 Å². The Morgan fingerprint density at radius 2 is 2.10 bits per heavy atom. The van der Waals surface area contributed by atoms with Crippen LogP contribution in [-0.2, 0) is 10.0 Å². The molecule has 0 bridgehead atoms. The number of hydrogen-bond acceptors (Lipinski definition) is 4. The molecule has 5 nitrogen and oxygen atoms in total. The lowest BCUT2D eigenvalue weighted by molar-refractivity contribution is 0.186. The van der Waals surface area contributed by atoms with Crippen molar-refractivity contribution in [2.24, 2.45) is 0 Å². The van der Waals surface area contributed by atoms with Crippen LogP contribution in [0.4, 0.5) is 0 Å². The monoisotopic (exact) mass is 359 g/mol. The summed E-state index contributed by atoms with van der Waals surface area (Å²) in [6.45, 7) is 2.09. The van der Waals surface area contributed by atoms with E-state index in [0.717, 1.165) is 25.9 Å². The number of nitrogens with zero attached hydrogens (tertiary/aromatic N) is 2. The van der Waals surface area contributed by atoms with Crippen LogP contribution in [-0.4, -0.2) is 43.5 Å². The maximum atomic E-state index is 12.4. The van der Waals surface area contributed by atoms with Gasteiger partial charge in [-0.3, -0.25) is 9.88 Å². The third kappa shape index (κ3) is 2.90. The normalized spacial score (nSPS) is 27.4. The van der Waals surface area contributed by atoms with Crippen LogP contribution in [0.25, 0.3) is 0 Å². The average molecular weight is 360 g/mol. The van der Waals surface area contributed by atoms with E-state index < -0.39 is 10.0 Å². The van der Waals surface area contributed by atoms with E-state index in [1.807, 2.05) is 0 Å². The summed E-state index contributed by atoms with van der Waals surface area (Å²) in [7, 11) is -3.49. The molecular weight excluding hydrogens is 342 g/mol. The Morgan fingerprint density at radius 1 is 1.25 bits per heavy atom. The zero-order chi connectivity index (χ0) is 14.2. The van der Waals surface area contributed by atoms with Crippen LogP contribution in [0.15, 0.2) is 27.8 Å². The lowest BCUT2D eigenvalue weighted by atomic mass is 10.00. The van der Waals surface area contributed by atoms with Crippen LogP contribution in [0, 0.1) is 0 Å². The SMILES string of the molecule is O=S(=O)(NC1CCN2CCCCC12)c1cncc(Br)c1. The number of piperidine rings is 1. The highest BCUT2D eigenvalue weighted by Crippen LogP contribution is 2.28. The fraction of sp³-hybridized carbons (Fsp3) is 0.615. The van der Waals surface area contributed by atoms with E-state index in [1.165, 1.54) is 19.0 Å². The van der Waals surface area contributed by atoms with Crippen LogP contribution in [0.5, 0.6) is 0 Å². The molecule has 2 fully saturated rings. The number of aromatic nitrogens is 1. The maximum absolute atomic E-state index is 12.4. The molecule has 1 aromatic rings. The molecule has 0 aliphatic carbocycles. The van der Waals surface area contributed by atoms with Crippen LogP contribution >= 0.6 is 15.9 Å². The molecule has 2 unspecified atom stereocenters. The molecule has 110 valence electrons. The van der Waals surface area contributed by atoms with Crippen molar-refractivity contribution in [1.29, 1.82) is 0 Å². The van der Waals surface area contributed by atoms with E-state index >= 15 is 0 Å². The van der Waals surface area contributed by atoms with Gasteiger partial charge >= 0.3 is 0 Å². The number of hydrogen-bond donors (Lipinski definition) is 1. The maximum Gasteiger partial charge on any atom is 0.242 e. The van der Waals surface area contributed by atoms with Crippen molar-refractivity contribution in [3.63, 3.8) is 0 Å². The molecule has 2 aliphatic rings. The van der Waals surface area contributed by atoms with E-state index in [0.29, 0.717) is 10.5 Å². The molecule has 2 aliphatic heterocycles. The first kappa shape index (κ1) is 14.4. The zero-order valence-electron chi connectivity index (χ0n) is 11.1. The number of sulfonamides is 1. The van der Waals surface area contributed by atoms with Gasteiger partial charge < -0.3 is 0 Å². The van der Waals surface area contributed by atoms with Gasteiger partial charge in [0.15, 0.2) is 0 Å². The molecule has 0 radical (unpaired) electrons. The second kappa shape index (κ2) is 5.71. The Labute approximate surface area is 127 Å². The highest BCUT2D eigenvalue weighted by molar-refractivity contribution is 9.10. The minimum atomic E-state index is -3.49. The Morgan fingerprint density at radius 3 is 2.90 bits per heavy atom. The van der Waals surface area contributed by atoms with Gasteiger partial charge in [-0.1, -0.05) is 6.42 Å². The molecule has 0 aromatic carbocycles. The molecule has 1 N–H and O–H groups in total. The molecular formula is C13H18BrN3O2S. The average Bonchev–Trinajstić information content (AvgIpc) is 2.82. The minimum Gasteiger partial charge on any atom is -0.299 e. The van der Waals surface area contributed by atoms with Crippen molar-refractivity contribution in [2.75, 3.05) is 13.1 Å². The number of rotatable bonds is 3. The lowest BCUT2D eigenvalue weighted by Crippen LogP contribution is -2.46. The van der Waals surface area contributed by atoms with E-state index in [9.17, 15) is 8.42 Å². The predicted octanol–water partition coefficient (Wildman–Crippen LogP) is 1.75. The summed E-state index contributed by atoms with van der Waals surface area (Å²) in [6.07, 6.45) is 7.37. The van der Waals surface area contributed by atoms with Gasteiger partial charge in [-0.15, -0.1) is 0 Å². The van der Waals surface area contributed by atoms with Gasteiger partial charge in [-0.25, -0.2) is 13.1 Å². The molecule has 0 saturated carbocycles. The number of fused-ring (bicyclic) bond motifs is 1. The first-order valence-electron chi connectivity index (χ1n) is 6.93. The summed E-state index contributed by atoms with van der Waals surface area (Å²) in [5, 5.41) is 0. The summed E-state index contributed by atoms with van der Waals surface area (Å²) >= 11 is 3.26.